The molecule has 0 bridgehead atoms. The summed E-state index contributed by atoms with van der Waals surface area (Å²) in [4.78, 5) is 22.7. The highest BCUT2D eigenvalue weighted by atomic mass is 19.1. The molecule has 0 saturated heterocycles. The molecule has 136 valence electrons. The Morgan fingerprint density at radius 1 is 1.22 bits per heavy atom. The smallest absolute Gasteiger partial charge is 0.277 e. The van der Waals surface area contributed by atoms with E-state index in [9.17, 15) is 9.18 Å². The summed E-state index contributed by atoms with van der Waals surface area (Å²) in [6.45, 7) is 0.290. The molecule has 27 heavy (non-hydrogen) atoms. The van der Waals surface area contributed by atoms with E-state index in [1.807, 2.05) is 24.3 Å². The van der Waals surface area contributed by atoms with Crippen molar-refractivity contribution in [1.82, 2.24) is 19.3 Å². The molecule has 0 radical (unpaired) electrons. The predicted octanol–water partition coefficient (Wildman–Crippen LogP) is 3.30. The molecular formula is C20H17FN4O2. The Hall–Kier alpha value is -3.48. The molecule has 0 aliphatic carbocycles. The van der Waals surface area contributed by atoms with E-state index >= 15 is 0 Å². The predicted molar refractivity (Wildman–Crippen MR) is 99.2 cm³/mol. The fourth-order valence-corrected chi connectivity index (χ4v) is 3.12. The summed E-state index contributed by atoms with van der Waals surface area (Å²) in [5.74, 6) is -0.484. The SMILES string of the molecule is COc1ccc(CN(C)C(=O)c2nc3ccccn3c2F)c2cccnc12. The molecule has 0 N–H and O–H groups in total. The second kappa shape index (κ2) is 6.68. The summed E-state index contributed by atoms with van der Waals surface area (Å²) in [6, 6.07) is 12.5. The van der Waals surface area contributed by atoms with Gasteiger partial charge in [0.05, 0.1) is 7.11 Å². The number of aromatic nitrogens is 3. The van der Waals surface area contributed by atoms with E-state index in [2.05, 4.69) is 9.97 Å². The van der Waals surface area contributed by atoms with Crippen LogP contribution in [0.5, 0.6) is 5.75 Å². The van der Waals surface area contributed by atoms with Crippen LogP contribution in [0.25, 0.3) is 16.6 Å². The third kappa shape index (κ3) is 2.87. The number of pyridine rings is 2. The first kappa shape index (κ1) is 17.0. The van der Waals surface area contributed by atoms with Crippen LogP contribution < -0.4 is 4.74 Å². The van der Waals surface area contributed by atoms with E-state index in [4.69, 9.17) is 4.74 Å². The Kier molecular flexibility index (Phi) is 4.19. The van der Waals surface area contributed by atoms with Gasteiger partial charge in [-0.1, -0.05) is 18.2 Å². The van der Waals surface area contributed by atoms with Crippen molar-refractivity contribution < 1.29 is 13.9 Å². The minimum atomic E-state index is -0.663. The van der Waals surface area contributed by atoms with Gasteiger partial charge in [0.2, 0.25) is 5.95 Å². The second-order valence-corrected chi connectivity index (χ2v) is 6.17. The van der Waals surface area contributed by atoms with Gasteiger partial charge in [0.1, 0.15) is 16.9 Å². The summed E-state index contributed by atoms with van der Waals surface area (Å²) >= 11 is 0. The first-order valence-corrected chi connectivity index (χ1v) is 8.39. The Balaban J connectivity index is 1.68. The highest BCUT2D eigenvalue weighted by Gasteiger charge is 2.23. The first-order valence-electron chi connectivity index (χ1n) is 8.39. The van der Waals surface area contributed by atoms with Crippen molar-refractivity contribution in [1.29, 1.82) is 0 Å². The molecule has 3 aromatic heterocycles. The van der Waals surface area contributed by atoms with Gasteiger partial charge in [-0.3, -0.25) is 14.2 Å². The van der Waals surface area contributed by atoms with Crippen LogP contribution in [0, 0.1) is 5.95 Å². The van der Waals surface area contributed by atoms with Crippen molar-refractivity contribution in [3.8, 4) is 5.75 Å². The quantitative estimate of drug-likeness (QED) is 0.557. The molecule has 0 saturated carbocycles. The Morgan fingerprint density at radius 3 is 2.85 bits per heavy atom. The fourth-order valence-electron chi connectivity index (χ4n) is 3.12. The number of nitrogens with zero attached hydrogens (tertiary/aromatic N) is 4. The number of imidazole rings is 1. The van der Waals surface area contributed by atoms with Gasteiger partial charge in [-0.05, 0) is 29.8 Å². The van der Waals surface area contributed by atoms with Gasteiger partial charge in [0, 0.05) is 31.4 Å². The molecule has 0 spiro atoms. The van der Waals surface area contributed by atoms with Gasteiger partial charge >= 0.3 is 0 Å². The highest BCUT2D eigenvalue weighted by Crippen LogP contribution is 2.27. The highest BCUT2D eigenvalue weighted by molar-refractivity contribution is 5.93. The van der Waals surface area contributed by atoms with Crippen LogP contribution in [0.1, 0.15) is 16.1 Å². The molecule has 3 heterocycles. The van der Waals surface area contributed by atoms with E-state index < -0.39 is 11.9 Å². The Morgan fingerprint density at radius 2 is 2.07 bits per heavy atom. The normalized spacial score (nSPS) is 11.1. The molecule has 1 amide bonds. The molecule has 0 atom stereocenters. The van der Waals surface area contributed by atoms with Gasteiger partial charge in [-0.15, -0.1) is 0 Å². The number of halogens is 1. The molecule has 0 fully saturated rings. The van der Waals surface area contributed by atoms with Crippen LogP contribution in [-0.4, -0.2) is 39.3 Å². The van der Waals surface area contributed by atoms with Crippen LogP contribution in [0.4, 0.5) is 4.39 Å². The number of hydrogen-bond donors (Lipinski definition) is 0. The second-order valence-electron chi connectivity index (χ2n) is 6.17. The molecule has 6 nitrogen and oxygen atoms in total. The zero-order valence-corrected chi connectivity index (χ0v) is 14.9. The van der Waals surface area contributed by atoms with Crippen molar-refractivity contribution in [2.75, 3.05) is 14.2 Å². The molecule has 1 aromatic carbocycles. The van der Waals surface area contributed by atoms with Crippen molar-refractivity contribution in [2.45, 2.75) is 6.54 Å². The fraction of sp³-hybridized carbons (Fsp3) is 0.150. The summed E-state index contributed by atoms with van der Waals surface area (Å²) in [7, 11) is 3.21. The van der Waals surface area contributed by atoms with Crippen LogP contribution in [-0.2, 0) is 6.54 Å². The third-order valence-electron chi connectivity index (χ3n) is 4.47. The maximum absolute atomic E-state index is 14.6. The van der Waals surface area contributed by atoms with Gasteiger partial charge in [0.25, 0.3) is 5.91 Å². The van der Waals surface area contributed by atoms with Crippen LogP contribution >= 0.6 is 0 Å². The molecule has 4 rings (SSSR count). The van der Waals surface area contributed by atoms with E-state index in [0.717, 1.165) is 16.5 Å². The number of carbonyl (C=O) groups is 1. The number of amides is 1. The minimum absolute atomic E-state index is 0.195. The number of methoxy groups -OCH3 is 1. The average Bonchev–Trinajstić information content (AvgIpc) is 3.04. The lowest BCUT2D eigenvalue weighted by Crippen LogP contribution is -2.27. The zero-order valence-electron chi connectivity index (χ0n) is 14.9. The number of carbonyl (C=O) groups excluding carboxylic acids is 1. The lowest BCUT2D eigenvalue weighted by Gasteiger charge is -2.18. The number of ether oxygens (including phenoxy) is 1. The van der Waals surface area contributed by atoms with Gasteiger partial charge in [-0.2, -0.15) is 4.39 Å². The number of rotatable bonds is 4. The largest absolute Gasteiger partial charge is 0.494 e. The van der Waals surface area contributed by atoms with Crippen molar-refractivity contribution >= 4 is 22.5 Å². The lowest BCUT2D eigenvalue weighted by molar-refractivity contribution is 0.0775. The van der Waals surface area contributed by atoms with Crippen LogP contribution in [0.2, 0.25) is 0 Å². The molecule has 0 aliphatic heterocycles. The summed E-state index contributed by atoms with van der Waals surface area (Å²) in [6.07, 6.45) is 3.23. The van der Waals surface area contributed by atoms with E-state index in [0.29, 0.717) is 17.9 Å². The minimum Gasteiger partial charge on any atom is -0.494 e. The van der Waals surface area contributed by atoms with Crippen molar-refractivity contribution in [3.05, 3.63) is 72.1 Å². The number of fused-ring (bicyclic) bond motifs is 2. The number of benzene rings is 1. The van der Waals surface area contributed by atoms with Crippen LogP contribution in [0.3, 0.4) is 0 Å². The maximum atomic E-state index is 14.6. The van der Waals surface area contributed by atoms with E-state index in [1.165, 1.54) is 15.5 Å². The van der Waals surface area contributed by atoms with Gasteiger partial charge < -0.3 is 9.64 Å². The molecule has 4 aromatic rings. The van der Waals surface area contributed by atoms with Gasteiger partial charge in [-0.25, -0.2) is 4.98 Å². The van der Waals surface area contributed by atoms with E-state index in [-0.39, 0.29) is 5.69 Å². The lowest BCUT2D eigenvalue weighted by atomic mass is 10.1. The zero-order chi connectivity index (χ0) is 19.0. The topological polar surface area (TPSA) is 59.7 Å². The molecule has 0 aliphatic rings. The Bertz CT molecular complexity index is 1160. The molecular weight excluding hydrogens is 347 g/mol. The third-order valence-corrected chi connectivity index (χ3v) is 4.47. The molecule has 0 unspecified atom stereocenters. The summed E-state index contributed by atoms with van der Waals surface area (Å²) in [5, 5.41) is 0.881. The van der Waals surface area contributed by atoms with Crippen molar-refractivity contribution in [2.24, 2.45) is 0 Å². The van der Waals surface area contributed by atoms with Crippen LogP contribution in [0.15, 0.2) is 54.9 Å². The van der Waals surface area contributed by atoms with Gasteiger partial charge in [0.15, 0.2) is 5.69 Å². The first-order chi connectivity index (χ1) is 13.1. The summed E-state index contributed by atoms with van der Waals surface area (Å²) in [5.41, 5.74) is 1.81. The monoisotopic (exact) mass is 364 g/mol. The average molecular weight is 364 g/mol. The number of hydrogen-bond acceptors (Lipinski definition) is 4. The van der Waals surface area contributed by atoms with E-state index in [1.54, 1.807) is 38.6 Å². The maximum Gasteiger partial charge on any atom is 0.277 e. The molecule has 7 heteroatoms. The summed E-state index contributed by atoms with van der Waals surface area (Å²) < 4.78 is 21.2. The van der Waals surface area contributed by atoms with Crippen molar-refractivity contribution in [3.63, 3.8) is 0 Å². The Labute approximate surface area is 154 Å². The standard InChI is InChI=1S/C20H17FN4O2/c1-24(20(26)18-19(21)25-11-4-3-7-16(25)23-18)12-13-8-9-15(27-2)17-14(13)6-5-10-22-17/h3-11H,12H2,1-2H3.